The summed E-state index contributed by atoms with van der Waals surface area (Å²) >= 11 is 6.16. The van der Waals surface area contributed by atoms with Gasteiger partial charge in [-0.1, -0.05) is 11.6 Å². The molecule has 1 aliphatic rings. The van der Waals surface area contributed by atoms with Crippen molar-refractivity contribution in [2.75, 3.05) is 26.6 Å². The van der Waals surface area contributed by atoms with E-state index in [2.05, 4.69) is 10.0 Å². The minimum atomic E-state index is -3.69. The van der Waals surface area contributed by atoms with Crippen molar-refractivity contribution in [3.8, 4) is 17.2 Å². The number of benzene rings is 2. The van der Waals surface area contributed by atoms with Gasteiger partial charge in [0.2, 0.25) is 10.0 Å². The van der Waals surface area contributed by atoms with Crippen molar-refractivity contribution in [2.24, 2.45) is 0 Å². The molecule has 1 saturated carbocycles. The lowest BCUT2D eigenvalue weighted by atomic mass is 10.1. The molecule has 0 radical (unpaired) electrons. The summed E-state index contributed by atoms with van der Waals surface area (Å²) in [6.07, 6.45) is 1.64. The van der Waals surface area contributed by atoms with Crippen molar-refractivity contribution < 1.29 is 27.4 Å². The minimum Gasteiger partial charge on any atom is -0.495 e. The first-order chi connectivity index (χ1) is 13.8. The highest BCUT2D eigenvalue weighted by atomic mass is 35.5. The van der Waals surface area contributed by atoms with Gasteiger partial charge in [0.15, 0.2) is 11.5 Å². The molecule has 2 aromatic carbocycles. The number of carbonyl (C=O) groups excluding carboxylic acids is 1. The van der Waals surface area contributed by atoms with E-state index in [1.54, 1.807) is 0 Å². The topological polar surface area (TPSA) is 103 Å². The lowest BCUT2D eigenvalue weighted by Crippen LogP contribution is -2.26. The Bertz CT molecular complexity index is 1040. The van der Waals surface area contributed by atoms with Crippen molar-refractivity contribution in [2.45, 2.75) is 23.8 Å². The Labute approximate surface area is 174 Å². The normalized spacial score (nSPS) is 13.7. The van der Waals surface area contributed by atoms with Gasteiger partial charge < -0.3 is 19.5 Å². The second-order valence-electron chi connectivity index (χ2n) is 6.41. The zero-order valence-corrected chi connectivity index (χ0v) is 17.7. The summed E-state index contributed by atoms with van der Waals surface area (Å²) in [6, 6.07) is 7.13. The zero-order chi connectivity index (χ0) is 21.2. The first-order valence-electron chi connectivity index (χ1n) is 8.72. The maximum atomic E-state index is 12.8. The smallest absolute Gasteiger partial charge is 0.255 e. The molecule has 1 amide bonds. The summed E-state index contributed by atoms with van der Waals surface area (Å²) < 4.78 is 43.2. The molecule has 8 nitrogen and oxygen atoms in total. The highest BCUT2D eigenvalue weighted by Gasteiger charge is 2.28. The van der Waals surface area contributed by atoms with Crippen molar-refractivity contribution in [1.82, 2.24) is 4.72 Å². The van der Waals surface area contributed by atoms with Crippen molar-refractivity contribution >= 4 is 33.2 Å². The maximum Gasteiger partial charge on any atom is 0.255 e. The van der Waals surface area contributed by atoms with Crippen LogP contribution in [-0.4, -0.2) is 41.7 Å². The largest absolute Gasteiger partial charge is 0.495 e. The van der Waals surface area contributed by atoms with E-state index in [-0.39, 0.29) is 27.2 Å². The van der Waals surface area contributed by atoms with Crippen molar-refractivity contribution in [1.29, 1.82) is 0 Å². The Morgan fingerprint density at radius 3 is 2.31 bits per heavy atom. The molecule has 2 aromatic rings. The molecule has 10 heteroatoms. The monoisotopic (exact) mass is 440 g/mol. The molecular formula is C19H21ClN2O6S. The van der Waals surface area contributed by atoms with Crippen LogP contribution in [-0.2, 0) is 10.0 Å². The summed E-state index contributed by atoms with van der Waals surface area (Å²) in [7, 11) is 0.611. The molecule has 0 aromatic heterocycles. The Hall–Kier alpha value is -2.49. The number of anilines is 1. The second-order valence-corrected chi connectivity index (χ2v) is 8.53. The number of sulfonamides is 1. The molecule has 0 spiro atoms. The number of methoxy groups -OCH3 is 3. The number of carbonyl (C=O) groups is 1. The van der Waals surface area contributed by atoms with Gasteiger partial charge in [-0.2, -0.15) is 0 Å². The Morgan fingerprint density at radius 2 is 1.72 bits per heavy atom. The summed E-state index contributed by atoms with van der Waals surface area (Å²) in [5.74, 6) is 0.399. The maximum absolute atomic E-state index is 12.8. The van der Waals surface area contributed by atoms with Crippen LogP contribution in [0.1, 0.15) is 23.2 Å². The minimum absolute atomic E-state index is 0.0332. The zero-order valence-electron chi connectivity index (χ0n) is 16.1. The van der Waals surface area contributed by atoms with Crippen LogP contribution < -0.4 is 24.2 Å². The van der Waals surface area contributed by atoms with Gasteiger partial charge in [-0.25, -0.2) is 13.1 Å². The van der Waals surface area contributed by atoms with Crippen LogP contribution >= 0.6 is 11.6 Å². The second kappa shape index (κ2) is 8.48. The highest BCUT2D eigenvalue weighted by molar-refractivity contribution is 7.89. The lowest BCUT2D eigenvalue weighted by molar-refractivity contribution is 0.102. The average Bonchev–Trinajstić information content (AvgIpc) is 3.50. The van der Waals surface area contributed by atoms with Crippen molar-refractivity contribution in [3.63, 3.8) is 0 Å². The van der Waals surface area contributed by atoms with Crippen LogP contribution in [0.25, 0.3) is 0 Å². The van der Waals surface area contributed by atoms with Crippen LogP contribution in [0.3, 0.4) is 0 Å². The molecule has 3 rings (SSSR count). The number of halogens is 1. The van der Waals surface area contributed by atoms with Crippen molar-refractivity contribution in [3.05, 3.63) is 40.9 Å². The molecule has 156 valence electrons. The molecule has 0 heterocycles. The SMILES string of the molecule is COc1ccc(S(=O)(=O)NC2CC2)cc1NC(=O)c1cc(Cl)c(OC)c(OC)c1. The van der Waals surface area contributed by atoms with Crippen LogP contribution in [0.4, 0.5) is 5.69 Å². The van der Waals surface area contributed by atoms with E-state index in [1.807, 2.05) is 0 Å². The van der Waals surface area contributed by atoms with E-state index >= 15 is 0 Å². The van der Waals surface area contributed by atoms with Crippen LogP contribution in [0.5, 0.6) is 17.2 Å². The van der Waals surface area contributed by atoms with Gasteiger partial charge >= 0.3 is 0 Å². The fraction of sp³-hybridized carbons (Fsp3) is 0.316. The van der Waals surface area contributed by atoms with E-state index < -0.39 is 15.9 Å². The Balaban J connectivity index is 1.91. The Kier molecular flexibility index (Phi) is 6.21. The van der Waals surface area contributed by atoms with E-state index in [0.29, 0.717) is 17.2 Å². The van der Waals surface area contributed by atoms with Gasteiger partial charge in [0.25, 0.3) is 5.91 Å². The molecule has 0 saturated heterocycles. The Morgan fingerprint density at radius 1 is 1.03 bits per heavy atom. The van der Waals surface area contributed by atoms with Crippen LogP contribution in [0.2, 0.25) is 5.02 Å². The molecule has 0 bridgehead atoms. The number of hydrogen-bond acceptors (Lipinski definition) is 6. The van der Waals surface area contributed by atoms with Crippen LogP contribution in [0, 0.1) is 0 Å². The number of amides is 1. The standard InChI is InChI=1S/C19H21ClN2O6S/c1-26-16-7-6-13(29(24,25)22-12-4-5-12)10-15(16)21-19(23)11-8-14(20)18(28-3)17(9-11)27-2/h6-10,12,22H,4-5H2,1-3H3,(H,21,23). The fourth-order valence-corrected chi connectivity index (χ4v) is 4.30. The van der Waals surface area contributed by atoms with E-state index in [1.165, 1.54) is 51.7 Å². The number of hydrogen-bond donors (Lipinski definition) is 2. The van der Waals surface area contributed by atoms with Gasteiger partial charge in [0, 0.05) is 11.6 Å². The number of nitrogens with one attached hydrogen (secondary N) is 2. The summed E-state index contributed by atoms with van der Waals surface area (Å²) in [4.78, 5) is 12.8. The molecule has 0 unspecified atom stereocenters. The molecule has 0 atom stereocenters. The van der Waals surface area contributed by atoms with E-state index in [9.17, 15) is 13.2 Å². The summed E-state index contributed by atoms with van der Waals surface area (Å²) in [6.45, 7) is 0. The summed E-state index contributed by atoms with van der Waals surface area (Å²) in [5, 5.41) is 2.87. The predicted molar refractivity (Wildman–Crippen MR) is 109 cm³/mol. The molecule has 2 N–H and O–H groups in total. The first-order valence-corrected chi connectivity index (χ1v) is 10.6. The highest BCUT2D eigenvalue weighted by Crippen LogP contribution is 2.36. The first kappa shape index (κ1) is 21.2. The average molecular weight is 441 g/mol. The molecule has 29 heavy (non-hydrogen) atoms. The van der Waals surface area contributed by atoms with Crippen LogP contribution in [0.15, 0.2) is 35.2 Å². The predicted octanol–water partition coefficient (Wildman–Crippen LogP) is 3.06. The van der Waals surface area contributed by atoms with E-state index in [0.717, 1.165) is 12.8 Å². The molecular weight excluding hydrogens is 420 g/mol. The van der Waals surface area contributed by atoms with Gasteiger partial charge in [0.1, 0.15) is 5.75 Å². The van der Waals surface area contributed by atoms with Gasteiger partial charge in [-0.15, -0.1) is 0 Å². The van der Waals surface area contributed by atoms with E-state index in [4.69, 9.17) is 25.8 Å². The van der Waals surface area contributed by atoms with Gasteiger partial charge in [0.05, 0.1) is 36.9 Å². The molecule has 0 aliphatic heterocycles. The molecule has 1 aliphatic carbocycles. The number of rotatable bonds is 8. The van der Waals surface area contributed by atoms with Gasteiger partial charge in [-0.3, -0.25) is 4.79 Å². The fourth-order valence-electron chi connectivity index (χ4n) is 2.68. The van der Waals surface area contributed by atoms with Gasteiger partial charge in [-0.05, 0) is 43.2 Å². The third-order valence-electron chi connectivity index (χ3n) is 4.32. The third kappa shape index (κ3) is 4.75. The third-order valence-corrected chi connectivity index (χ3v) is 6.12. The quantitative estimate of drug-likeness (QED) is 0.654. The summed E-state index contributed by atoms with van der Waals surface area (Å²) in [5.41, 5.74) is 0.418. The lowest BCUT2D eigenvalue weighted by Gasteiger charge is -2.14. The molecule has 1 fully saturated rings. The number of ether oxygens (including phenoxy) is 3.